The maximum atomic E-state index is 7.10. The molecular weight excluding hydrogens is 1190 g/mol. The summed E-state index contributed by atoms with van der Waals surface area (Å²) in [4.78, 5) is 5.22. The van der Waals surface area contributed by atoms with Crippen LogP contribution in [-0.2, 0) is 27.1 Å². The molecule has 0 spiro atoms. The lowest BCUT2D eigenvalue weighted by Gasteiger charge is -2.42. The van der Waals surface area contributed by atoms with E-state index in [9.17, 15) is 0 Å². The number of furan rings is 1. The lowest BCUT2D eigenvalue weighted by Crippen LogP contribution is -2.59. The van der Waals surface area contributed by atoms with E-state index in [0.29, 0.717) is 0 Å². The van der Waals surface area contributed by atoms with Crippen molar-refractivity contribution in [3.05, 3.63) is 270 Å². The van der Waals surface area contributed by atoms with Gasteiger partial charge in [0, 0.05) is 59.5 Å². The van der Waals surface area contributed by atoms with Crippen molar-refractivity contribution in [2.24, 2.45) is 0 Å². The largest absolute Gasteiger partial charge is 0.456 e. The lowest BCUT2D eigenvalue weighted by atomic mass is 9.34. The van der Waals surface area contributed by atoms with Crippen LogP contribution >= 0.6 is 11.8 Å². The number of hydrogen-bond acceptors (Lipinski definition) is 3. The number of rotatable bonds is 7. The maximum Gasteiger partial charge on any atom is 0.249 e. The Kier molecular flexibility index (Phi) is 14.5. The molecule has 0 bridgehead atoms. The quantitative estimate of drug-likeness (QED) is 0.148. The molecule has 0 amide bonds. The number of aromatic nitrogens is 1. The molecule has 14 aromatic rings. The van der Waals surface area contributed by atoms with Crippen molar-refractivity contribution >= 4 is 95.7 Å². The topological polar surface area (TPSA) is 21.3 Å². The highest BCUT2D eigenvalue weighted by atomic mass is 32.2. The molecule has 0 fully saturated rings. The molecule has 0 saturated carbocycles. The standard InChI is InChI=1S/C92H85BN2OS/c1-88(2,3)63-44-60(45-64(52-63)89(4,5)6)58-38-40-74-78(49-58)95(86-71(56-28-19-16-20-29-56)54-67(92(13,14)15)55-72(86)57-30-21-17-22-31-57)79-50-62(61-46-65(90(7,8)9)53-66(47-61)91(10,11)12)51-82-85(79)93(74)75-41-43-81-84(87(75)97-82)73-48-59(39-42-80(73)96-81)69-35-27-37-77-83(69)70-34-25-26-36-76(70)94(77)68-32-23-18-24-33-68/h16-55H,1-15H3. The van der Waals surface area contributed by atoms with E-state index in [2.05, 4.69) is 356 Å². The van der Waals surface area contributed by atoms with Crippen molar-refractivity contribution in [3.8, 4) is 61.3 Å². The fraction of sp³-hybridized carbons (Fsp3) is 0.217. The van der Waals surface area contributed by atoms with Crippen LogP contribution in [-0.4, -0.2) is 11.3 Å². The van der Waals surface area contributed by atoms with Gasteiger partial charge < -0.3 is 13.9 Å². The molecule has 0 N–H and O–H groups in total. The van der Waals surface area contributed by atoms with Crippen LogP contribution in [0.15, 0.2) is 257 Å². The first-order chi connectivity index (χ1) is 46.2. The fourth-order valence-electron chi connectivity index (χ4n) is 15.2. The van der Waals surface area contributed by atoms with Crippen LogP contribution in [0.2, 0.25) is 0 Å². The van der Waals surface area contributed by atoms with E-state index in [0.717, 1.165) is 33.2 Å². The van der Waals surface area contributed by atoms with Crippen molar-refractivity contribution in [2.75, 3.05) is 4.90 Å². The minimum Gasteiger partial charge on any atom is -0.456 e. The monoisotopic (exact) mass is 1280 g/mol. The Balaban J connectivity index is 1.02. The molecule has 5 heteroatoms. The van der Waals surface area contributed by atoms with Gasteiger partial charge in [0.25, 0.3) is 0 Å². The van der Waals surface area contributed by atoms with Crippen molar-refractivity contribution in [1.29, 1.82) is 0 Å². The number of hydrogen-bond donors (Lipinski definition) is 0. The molecule has 12 aromatic carbocycles. The molecule has 4 heterocycles. The first-order valence-electron chi connectivity index (χ1n) is 34.7. The van der Waals surface area contributed by atoms with Gasteiger partial charge in [-0.15, -0.1) is 0 Å². The molecule has 0 unspecified atom stereocenters. The van der Waals surface area contributed by atoms with Crippen LogP contribution < -0.4 is 21.3 Å². The second-order valence-corrected chi connectivity index (χ2v) is 33.7. The van der Waals surface area contributed by atoms with Crippen LogP contribution in [0.3, 0.4) is 0 Å². The Bertz CT molecular complexity index is 5380. The van der Waals surface area contributed by atoms with E-state index >= 15 is 0 Å². The summed E-state index contributed by atoms with van der Waals surface area (Å²) in [5.74, 6) is 0. The summed E-state index contributed by atoms with van der Waals surface area (Å²) in [6.07, 6.45) is 0. The summed E-state index contributed by atoms with van der Waals surface area (Å²) in [7, 11) is 0. The van der Waals surface area contributed by atoms with E-state index in [1.165, 1.54) is 143 Å². The molecule has 97 heavy (non-hydrogen) atoms. The molecule has 2 aliphatic rings. The third kappa shape index (κ3) is 10.7. The van der Waals surface area contributed by atoms with Crippen LogP contribution in [0.4, 0.5) is 17.1 Å². The lowest BCUT2D eigenvalue weighted by molar-refractivity contribution is 0.568. The molecular formula is C92H85BN2OS. The first-order valence-corrected chi connectivity index (χ1v) is 35.6. The molecule has 0 radical (unpaired) electrons. The number of fused-ring (bicyclic) bond motifs is 11. The van der Waals surface area contributed by atoms with Gasteiger partial charge in [0.1, 0.15) is 11.2 Å². The van der Waals surface area contributed by atoms with Crippen molar-refractivity contribution < 1.29 is 4.42 Å². The van der Waals surface area contributed by atoms with E-state index in [4.69, 9.17) is 4.42 Å². The molecule has 2 aliphatic heterocycles. The highest BCUT2D eigenvalue weighted by Crippen LogP contribution is 2.54. The summed E-state index contributed by atoms with van der Waals surface area (Å²) >= 11 is 1.93. The van der Waals surface area contributed by atoms with Gasteiger partial charge in [-0.3, -0.25) is 0 Å². The Hall–Kier alpha value is -9.55. The van der Waals surface area contributed by atoms with E-state index < -0.39 is 0 Å². The first kappa shape index (κ1) is 62.3. The van der Waals surface area contributed by atoms with E-state index in [1.54, 1.807) is 0 Å². The van der Waals surface area contributed by atoms with E-state index in [1.807, 2.05) is 11.8 Å². The van der Waals surface area contributed by atoms with Crippen LogP contribution in [0.1, 0.15) is 132 Å². The molecule has 2 aromatic heterocycles. The van der Waals surface area contributed by atoms with Gasteiger partial charge in [-0.1, -0.05) is 291 Å². The number of benzene rings is 12. The number of anilines is 3. The van der Waals surface area contributed by atoms with Gasteiger partial charge in [-0.25, -0.2) is 0 Å². The van der Waals surface area contributed by atoms with E-state index in [-0.39, 0.29) is 33.8 Å². The zero-order chi connectivity index (χ0) is 67.4. The van der Waals surface area contributed by atoms with Crippen LogP contribution in [0.5, 0.6) is 0 Å². The highest BCUT2D eigenvalue weighted by Gasteiger charge is 2.44. The van der Waals surface area contributed by atoms with Crippen LogP contribution in [0, 0.1) is 0 Å². The fourth-order valence-corrected chi connectivity index (χ4v) is 16.6. The SMILES string of the molecule is CC(C)(C)c1cc(-c2ccc3c(c2)N(c2c(-c4ccccc4)cc(C(C)(C)C)cc2-c2ccccc2)c2cc(-c4cc(C(C)(C)C)cc(C(C)(C)C)c4)cc4c2B3c2ccc3oc5ccc(-c6cccc7c6c6ccccc6n7-c6ccccc6)cc5c3c2S4)cc(C(C)(C)C)c1. The smallest absolute Gasteiger partial charge is 0.249 e. The molecule has 478 valence electrons. The third-order valence-electron chi connectivity index (χ3n) is 20.8. The Labute approximate surface area is 578 Å². The predicted octanol–water partition coefficient (Wildman–Crippen LogP) is 24.3. The van der Waals surface area contributed by atoms with Gasteiger partial charge in [-0.2, -0.15) is 0 Å². The average molecular weight is 1280 g/mol. The Morgan fingerprint density at radius 1 is 0.330 bits per heavy atom. The van der Waals surface area contributed by atoms with Crippen molar-refractivity contribution in [2.45, 2.75) is 141 Å². The molecule has 3 nitrogen and oxygen atoms in total. The normalized spacial score (nSPS) is 13.4. The second-order valence-electron chi connectivity index (χ2n) is 32.6. The molecule has 0 aliphatic carbocycles. The van der Waals surface area contributed by atoms with Gasteiger partial charge >= 0.3 is 0 Å². The maximum absolute atomic E-state index is 7.10. The van der Waals surface area contributed by atoms with Gasteiger partial charge in [0.15, 0.2) is 0 Å². The highest BCUT2D eigenvalue weighted by molar-refractivity contribution is 8.00. The average Bonchev–Trinajstić information content (AvgIpc) is 1.39. The summed E-state index contributed by atoms with van der Waals surface area (Å²) in [5.41, 5.74) is 30.8. The van der Waals surface area contributed by atoms with Gasteiger partial charge in [0.05, 0.1) is 16.7 Å². The minimum absolute atomic E-state index is 0.0773. The van der Waals surface area contributed by atoms with Crippen molar-refractivity contribution in [1.82, 2.24) is 4.57 Å². The molecule has 16 rings (SSSR count). The van der Waals surface area contributed by atoms with Gasteiger partial charge in [0.2, 0.25) is 6.71 Å². The summed E-state index contributed by atoms with van der Waals surface area (Å²) in [6, 6.07) is 92.9. The Morgan fingerprint density at radius 2 is 0.814 bits per heavy atom. The Morgan fingerprint density at radius 3 is 1.40 bits per heavy atom. The third-order valence-corrected chi connectivity index (χ3v) is 22.0. The zero-order valence-corrected chi connectivity index (χ0v) is 59.7. The summed E-state index contributed by atoms with van der Waals surface area (Å²) in [6.45, 7) is 35.2. The van der Waals surface area contributed by atoms with Crippen LogP contribution in [0.25, 0.3) is 105 Å². The molecule has 0 saturated heterocycles. The summed E-state index contributed by atoms with van der Waals surface area (Å²) < 4.78 is 9.52. The predicted molar refractivity (Wildman–Crippen MR) is 419 cm³/mol. The second kappa shape index (κ2) is 22.5. The molecule has 0 atom stereocenters. The number of para-hydroxylation sites is 2. The number of nitrogens with zero attached hydrogens (tertiary/aromatic N) is 2. The van der Waals surface area contributed by atoms with Gasteiger partial charge in [-0.05, 0) is 183 Å². The zero-order valence-electron chi connectivity index (χ0n) is 58.9. The summed E-state index contributed by atoms with van der Waals surface area (Å²) in [5, 5.41) is 4.75. The minimum atomic E-state index is -0.158. The van der Waals surface area contributed by atoms with Crippen molar-refractivity contribution in [3.63, 3.8) is 0 Å².